The Morgan fingerprint density at radius 2 is 1.87 bits per heavy atom. The molecule has 0 radical (unpaired) electrons. The van der Waals surface area contributed by atoms with E-state index < -0.39 is 0 Å². The number of aromatic nitrogens is 2. The number of aryl methyl sites for hydroxylation is 1. The van der Waals surface area contributed by atoms with E-state index in [9.17, 15) is 4.79 Å². The van der Waals surface area contributed by atoms with Crippen LogP contribution in [0.15, 0.2) is 35.4 Å². The molecule has 0 unspecified atom stereocenters. The van der Waals surface area contributed by atoms with E-state index in [4.69, 9.17) is 34.2 Å². The third-order valence-corrected chi connectivity index (χ3v) is 4.08. The fourth-order valence-corrected chi connectivity index (χ4v) is 3.22. The number of nitrogen functional groups attached to an aromatic ring is 1. The van der Waals surface area contributed by atoms with E-state index >= 15 is 0 Å². The number of hydrogen-bond donors (Lipinski definition) is 1. The molecular formula is C16H10Cl2N4O. The summed E-state index contributed by atoms with van der Waals surface area (Å²) in [6.45, 7) is 1.76. The van der Waals surface area contributed by atoms with Crippen molar-refractivity contribution in [1.82, 2.24) is 9.55 Å². The van der Waals surface area contributed by atoms with Crippen molar-refractivity contribution in [2.45, 2.75) is 6.92 Å². The van der Waals surface area contributed by atoms with Crippen molar-refractivity contribution in [3.05, 3.63) is 62.1 Å². The van der Waals surface area contributed by atoms with Gasteiger partial charge in [-0.15, -0.1) is 0 Å². The van der Waals surface area contributed by atoms with Crippen LogP contribution in [0.4, 0.5) is 5.69 Å². The monoisotopic (exact) mass is 344 g/mol. The zero-order chi connectivity index (χ0) is 16.7. The van der Waals surface area contributed by atoms with Gasteiger partial charge in [-0.05, 0) is 19.1 Å². The van der Waals surface area contributed by atoms with Gasteiger partial charge in [-0.25, -0.2) is 0 Å². The maximum atomic E-state index is 12.2. The molecule has 2 aromatic heterocycles. The second-order valence-electron chi connectivity index (χ2n) is 5.01. The molecule has 0 bridgehead atoms. The highest BCUT2D eigenvalue weighted by molar-refractivity contribution is 6.38. The first-order chi connectivity index (χ1) is 10.9. The average molecular weight is 345 g/mol. The van der Waals surface area contributed by atoms with Crippen LogP contribution in [0, 0.1) is 18.3 Å². The Morgan fingerprint density at radius 1 is 1.22 bits per heavy atom. The molecule has 0 amide bonds. The van der Waals surface area contributed by atoms with Crippen LogP contribution < -0.4 is 11.2 Å². The minimum atomic E-state index is -0.200. The summed E-state index contributed by atoms with van der Waals surface area (Å²) in [5, 5.41) is 9.95. The predicted molar refractivity (Wildman–Crippen MR) is 91.2 cm³/mol. The lowest BCUT2D eigenvalue weighted by Gasteiger charge is -2.18. The number of fused-ring (bicyclic) bond motifs is 1. The quantitative estimate of drug-likeness (QED) is 0.732. The molecule has 23 heavy (non-hydrogen) atoms. The lowest BCUT2D eigenvalue weighted by Crippen LogP contribution is -2.13. The van der Waals surface area contributed by atoms with Crippen LogP contribution in [0.5, 0.6) is 0 Å². The van der Waals surface area contributed by atoms with Gasteiger partial charge in [-0.1, -0.05) is 23.2 Å². The molecule has 2 N–H and O–H groups in total. The number of benzene rings is 1. The molecule has 0 aliphatic rings. The van der Waals surface area contributed by atoms with Gasteiger partial charge < -0.3 is 10.3 Å². The SMILES string of the molecule is Cc1cc(=O)c2c(N)cncc2n1-c1c(Cl)cc(C#N)cc1Cl. The number of rotatable bonds is 1. The van der Waals surface area contributed by atoms with Crippen LogP contribution in [0.2, 0.25) is 10.0 Å². The van der Waals surface area contributed by atoms with Gasteiger partial charge in [0.1, 0.15) is 0 Å². The van der Waals surface area contributed by atoms with Crippen LogP contribution >= 0.6 is 23.2 Å². The molecule has 0 aliphatic carbocycles. The second-order valence-corrected chi connectivity index (χ2v) is 5.82. The van der Waals surface area contributed by atoms with Crippen molar-refractivity contribution in [2.24, 2.45) is 0 Å². The van der Waals surface area contributed by atoms with E-state index in [0.717, 1.165) is 0 Å². The molecule has 0 fully saturated rings. The molecule has 0 atom stereocenters. The average Bonchev–Trinajstić information content (AvgIpc) is 2.49. The van der Waals surface area contributed by atoms with Crippen LogP contribution in [-0.4, -0.2) is 9.55 Å². The fourth-order valence-electron chi connectivity index (χ4n) is 2.56. The van der Waals surface area contributed by atoms with Gasteiger partial charge in [0.05, 0.1) is 56.3 Å². The van der Waals surface area contributed by atoms with E-state index in [1.54, 1.807) is 11.5 Å². The highest BCUT2D eigenvalue weighted by Crippen LogP contribution is 2.33. The molecule has 114 valence electrons. The highest BCUT2D eigenvalue weighted by atomic mass is 35.5. The van der Waals surface area contributed by atoms with E-state index in [2.05, 4.69) is 4.98 Å². The van der Waals surface area contributed by atoms with E-state index in [0.29, 0.717) is 37.9 Å². The van der Waals surface area contributed by atoms with E-state index in [1.165, 1.54) is 30.6 Å². The number of anilines is 1. The summed E-state index contributed by atoms with van der Waals surface area (Å²) < 4.78 is 1.71. The molecule has 7 heteroatoms. The first kappa shape index (κ1) is 15.3. The predicted octanol–water partition coefficient (Wildman–Crippen LogP) is 3.45. The van der Waals surface area contributed by atoms with Crippen LogP contribution in [0.3, 0.4) is 0 Å². The minimum absolute atomic E-state index is 0.200. The smallest absolute Gasteiger partial charge is 0.191 e. The van der Waals surface area contributed by atoms with Crippen molar-refractivity contribution >= 4 is 39.8 Å². The molecule has 0 saturated heterocycles. The third kappa shape index (κ3) is 2.42. The number of halogens is 2. The molecular weight excluding hydrogens is 335 g/mol. The normalized spacial score (nSPS) is 10.7. The summed E-state index contributed by atoms with van der Waals surface area (Å²) in [5.74, 6) is 0. The Bertz CT molecular complexity index is 1030. The summed E-state index contributed by atoms with van der Waals surface area (Å²) in [7, 11) is 0. The molecule has 0 spiro atoms. The second kappa shape index (κ2) is 5.58. The molecule has 2 heterocycles. The van der Waals surface area contributed by atoms with E-state index in [1.807, 2.05) is 6.07 Å². The number of pyridine rings is 2. The number of nitriles is 1. The standard InChI is InChI=1S/C16H10Cl2N4O/c1-8-2-14(23)15-12(20)6-21-7-13(15)22(8)16-10(17)3-9(5-19)4-11(16)18/h2-4,6-7H,20H2,1H3. The van der Waals surface area contributed by atoms with Crippen molar-refractivity contribution in [3.8, 4) is 11.8 Å². The fraction of sp³-hybridized carbons (Fsp3) is 0.0625. The van der Waals surface area contributed by atoms with Crippen molar-refractivity contribution in [1.29, 1.82) is 5.26 Å². The molecule has 0 saturated carbocycles. The summed E-state index contributed by atoms with van der Waals surface area (Å²) in [6, 6.07) is 6.50. The zero-order valence-electron chi connectivity index (χ0n) is 12.0. The Morgan fingerprint density at radius 3 is 2.48 bits per heavy atom. The number of nitrogens with zero attached hydrogens (tertiary/aromatic N) is 3. The lowest BCUT2D eigenvalue weighted by molar-refractivity contribution is 1.02. The summed E-state index contributed by atoms with van der Waals surface area (Å²) in [4.78, 5) is 16.3. The number of hydrogen-bond acceptors (Lipinski definition) is 4. The Hall–Kier alpha value is -2.55. The minimum Gasteiger partial charge on any atom is -0.397 e. The zero-order valence-corrected chi connectivity index (χ0v) is 13.5. The van der Waals surface area contributed by atoms with Gasteiger partial charge in [-0.3, -0.25) is 9.78 Å². The Kier molecular flexibility index (Phi) is 3.72. The first-order valence-electron chi connectivity index (χ1n) is 6.59. The highest BCUT2D eigenvalue weighted by Gasteiger charge is 2.16. The molecule has 3 aromatic rings. The van der Waals surface area contributed by atoms with Gasteiger partial charge in [0.25, 0.3) is 0 Å². The Balaban J connectivity index is 2.50. The van der Waals surface area contributed by atoms with Gasteiger partial charge in [0.2, 0.25) is 0 Å². The van der Waals surface area contributed by atoms with Crippen LogP contribution in [0.1, 0.15) is 11.3 Å². The van der Waals surface area contributed by atoms with Gasteiger partial charge >= 0.3 is 0 Å². The summed E-state index contributed by atoms with van der Waals surface area (Å²) >= 11 is 12.6. The molecule has 5 nitrogen and oxygen atoms in total. The summed E-state index contributed by atoms with van der Waals surface area (Å²) in [6.07, 6.45) is 2.95. The summed E-state index contributed by atoms with van der Waals surface area (Å²) in [5.41, 5.74) is 7.93. The van der Waals surface area contributed by atoms with E-state index in [-0.39, 0.29) is 11.1 Å². The maximum Gasteiger partial charge on any atom is 0.191 e. The molecule has 0 aliphatic heterocycles. The van der Waals surface area contributed by atoms with Gasteiger partial charge in [0, 0.05) is 11.8 Å². The molecule has 1 aromatic carbocycles. The lowest BCUT2D eigenvalue weighted by atomic mass is 10.1. The third-order valence-electron chi connectivity index (χ3n) is 3.50. The maximum absolute atomic E-state index is 12.2. The number of nitrogens with two attached hydrogens (primary N) is 1. The molecule has 3 rings (SSSR count). The van der Waals surface area contributed by atoms with Crippen LogP contribution in [0.25, 0.3) is 16.6 Å². The van der Waals surface area contributed by atoms with Crippen LogP contribution in [-0.2, 0) is 0 Å². The first-order valence-corrected chi connectivity index (χ1v) is 7.35. The van der Waals surface area contributed by atoms with Gasteiger partial charge in [0.15, 0.2) is 5.43 Å². The van der Waals surface area contributed by atoms with Crippen molar-refractivity contribution in [3.63, 3.8) is 0 Å². The topological polar surface area (TPSA) is 84.7 Å². The van der Waals surface area contributed by atoms with Crippen molar-refractivity contribution < 1.29 is 0 Å². The largest absolute Gasteiger partial charge is 0.397 e. The van der Waals surface area contributed by atoms with Gasteiger partial charge in [-0.2, -0.15) is 5.26 Å². The van der Waals surface area contributed by atoms with Crippen molar-refractivity contribution in [2.75, 3.05) is 5.73 Å². The Labute approximate surface area is 141 Å².